The van der Waals surface area contributed by atoms with Crippen molar-refractivity contribution in [3.8, 4) is 6.07 Å². The lowest BCUT2D eigenvalue weighted by atomic mass is 10.1. The van der Waals surface area contributed by atoms with Gasteiger partial charge in [0.15, 0.2) is 0 Å². The second kappa shape index (κ2) is 7.35. The number of nitriles is 1. The van der Waals surface area contributed by atoms with Gasteiger partial charge in [-0.2, -0.15) is 5.26 Å². The minimum atomic E-state index is -3.62. The molecule has 0 aliphatic carbocycles. The van der Waals surface area contributed by atoms with Gasteiger partial charge in [0.1, 0.15) is 16.6 Å². The number of benzene rings is 1. The van der Waals surface area contributed by atoms with Gasteiger partial charge in [-0.1, -0.05) is 6.07 Å². The number of anilines is 1. The summed E-state index contributed by atoms with van der Waals surface area (Å²) in [5, 5.41) is 14.7. The Morgan fingerprint density at radius 2 is 2.08 bits per heavy atom. The third-order valence-corrected chi connectivity index (χ3v) is 5.69. The molecule has 132 valence electrons. The van der Waals surface area contributed by atoms with Crippen molar-refractivity contribution in [1.29, 1.82) is 5.26 Å². The molecule has 0 bridgehead atoms. The number of sulfonamides is 1. The number of aryl methyl sites for hydroxylation is 1. The summed E-state index contributed by atoms with van der Waals surface area (Å²) in [7, 11) is -3.62. The van der Waals surface area contributed by atoms with Crippen molar-refractivity contribution >= 4 is 32.6 Å². The lowest BCUT2D eigenvalue weighted by Gasteiger charge is -2.20. The molecular formula is C17H20N4O2S2. The van der Waals surface area contributed by atoms with E-state index in [-0.39, 0.29) is 4.90 Å². The van der Waals surface area contributed by atoms with E-state index in [0.29, 0.717) is 16.3 Å². The van der Waals surface area contributed by atoms with E-state index in [2.05, 4.69) is 21.1 Å². The van der Waals surface area contributed by atoms with Crippen LogP contribution in [0, 0.1) is 18.3 Å². The summed E-state index contributed by atoms with van der Waals surface area (Å²) in [6, 6.07) is 8.52. The fraction of sp³-hybridized carbons (Fsp3) is 0.294. The summed E-state index contributed by atoms with van der Waals surface area (Å²) in [5.74, 6) is 0. The zero-order valence-electron chi connectivity index (χ0n) is 14.5. The Kier molecular flexibility index (Phi) is 5.62. The largest absolute Gasteiger partial charge is 0.360 e. The molecule has 0 aliphatic heterocycles. The first-order valence-corrected chi connectivity index (χ1v) is 9.90. The number of thiazole rings is 1. The molecule has 6 nitrogen and oxygen atoms in total. The van der Waals surface area contributed by atoms with Crippen LogP contribution in [-0.4, -0.2) is 18.9 Å². The minimum Gasteiger partial charge on any atom is -0.360 e. The highest BCUT2D eigenvalue weighted by molar-refractivity contribution is 7.89. The predicted octanol–water partition coefficient (Wildman–Crippen LogP) is 3.50. The highest BCUT2D eigenvalue weighted by Crippen LogP contribution is 2.21. The number of hydrogen-bond donors (Lipinski definition) is 2. The summed E-state index contributed by atoms with van der Waals surface area (Å²) in [6.45, 7) is 7.21. The summed E-state index contributed by atoms with van der Waals surface area (Å²) in [4.78, 5) is 4.43. The summed E-state index contributed by atoms with van der Waals surface area (Å²) in [5.41, 5.74) is 1.23. The van der Waals surface area contributed by atoms with Gasteiger partial charge in [0.05, 0.1) is 4.90 Å². The van der Waals surface area contributed by atoms with Crippen LogP contribution in [0.4, 0.5) is 5.69 Å². The fourth-order valence-corrected chi connectivity index (χ4v) is 4.22. The SMILES string of the molecule is Cc1csc(/C(C#N)=C/Nc2cccc(S(=O)(=O)NC(C)(C)C)c2)n1. The summed E-state index contributed by atoms with van der Waals surface area (Å²) >= 11 is 1.38. The van der Waals surface area contributed by atoms with Crippen molar-refractivity contribution in [2.24, 2.45) is 0 Å². The van der Waals surface area contributed by atoms with Crippen molar-refractivity contribution in [3.63, 3.8) is 0 Å². The topological polar surface area (TPSA) is 94.9 Å². The Labute approximate surface area is 152 Å². The van der Waals surface area contributed by atoms with Gasteiger partial charge in [0, 0.05) is 28.5 Å². The normalized spacial score (nSPS) is 12.7. The van der Waals surface area contributed by atoms with Crippen LogP contribution in [0.2, 0.25) is 0 Å². The Morgan fingerprint density at radius 3 is 2.64 bits per heavy atom. The zero-order valence-corrected chi connectivity index (χ0v) is 16.1. The minimum absolute atomic E-state index is 0.157. The second-order valence-electron chi connectivity index (χ2n) is 6.49. The maximum Gasteiger partial charge on any atom is 0.241 e. The van der Waals surface area contributed by atoms with Crippen LogP contribution >= 0.6 is 11.3 Å². The molecule has 0 amide bonds. The number of nitrogens with one attached hydrogen (secondary N) is 2. The smallest absolute Gasteiger partial charge is 0.241 e. The Hall–Kier alpha value is -2.21. The molecule has 2 rings (SSSR count). The third kappa shape index (κ3) is 5.39. The third-order valence-electron chi connectivity index (χ3n) is 2.94. The van der Waals surface area contributed by atoms with Gasteiger partial charge < -0.3 is 5.32 Å². The molecule has 2 aromatic rings. The van der Waals surface area contributed by atoms with E-state index in [4.69, 9.17) is 0 Å². The van der Waals surface area contributed by atoms with Crippen LogP contribution in [0.15, 0.2) is 40.7 Å². The molecule has 8 heteroatoms. The molecule has 0 spiro atoms. The van der Waals surface area contributed by atoms with Crippen LogP contribution in [0.3, 0.4) is 0 Å². The first-order valence-electron chi connectivity index (χ1n) is 7.54. The quantitative estimate of drug-likeness (QED) is 0.779. The van der Waals surface area contributed by atoms with E-state index >= 15 is 0 Å². The second-order valence-corrected chi connectivity index (χ2v) is 9.03. The molecule has 1 heterocycles. The van der Waals surface area contributed by atoms with E-state index < -0.39 is 15.6 Å². The number of hydrogen-bond acceptors (Lipinski definition) is 6. The lowest BCUT2D eigenvalue weighted by molar-refractivity contribution is 0.491. The molecule has 0 aliphatic rings. The Balaban J connectivity index is 2.25. The van der Waals surface area contributed by atoms with Crippen LogP contribution in [0.5, 0.6) is 0 Å². The molecule has 0 radical (unpaired) electrons. The predicted molar refractivity (Wildman–Crippen MR) is 101 cm³/mol. The monoisotopic (exact) mass is 376 g/mol. The number of nitrogens with zero attached hydrogens (tertiary/aromatic N) is 2. The Bertz CT molecular complexity index is 932. The maximum atomic E-state index is 12.4. The molecule has 2 N–H and O–H groups in total. The standard InChI is InChI=1S/C17H20N4O2S2/c1-12-11-24-16(20-12)13(9-18)10-19-14-6-5-7-15(8-14)25(22,23)21-17(2,3)4/h5-8,10-11,19,21H,1-4H3/b13-10+. The molecule has 0 saturated heterocycles. The molecule has 0 saturated carbocycles. The molecule has 0 fully saturated rings. The van der Waals surface area contributed by atoms with Crippen molar-refractivity contribution in [3.05, 3.63) is 46.5 Å². The highest BCUT2D eigenvalue weighted by Gasteiger charge is 2.22. The molecule has 0 atom stereocenters. The number of allylic oxidation sites excluding steroid dienone is 1. The van der Waals surface area contributed by atoms with Gasteiger partial charge in [-0.05, 0) is 45.9 Å². The van der Waals surface area contributed by atoms with Crippen molar-refractivity contribution in [2.45, 2.75) is 38.1 Å². The lowest BCUT2D eigenvalue weighted by Crippen LogP contribution is -2.40. The van der Waals surface area contributed by atoms with Gasteiger partial charge in [-0.25, -0.2) is 18.1 Å². The van der Waals surface area contributed by atoms with Crippen molar-refractivity contribution < 1.29 is 8.42 Å². The Morgan fingerprint density at radius 1 is 1.36 bits per heavy atom. The molecule has 25 heavy (non-hydrogen) atoms. The van der Waals surface area contributed by atoms with Gasteiger partial charge in [-0.3, -0.25) is 0 Å². The highest BCUT2D eigenvalue weighted by atomic mass is 32.2. The number of aromatic nitrogens is 1. The fourth-order valence-electron chi connectivity index (χ4n) is 1.99. The van der Waals surface area contributed by atoms with Crippen molar-refractivity contribution in [2.75, 3.05) is 5.32 Å². The van der Waals surface area contributed by atoms with Gasteiger partial charge in [0.25, 0.3) is 0 Å². The van der Waals surface area contributed by atoms with E-state index in [1.54, 1.807) is 32.9 Å². The molecule has 1 aromatic carbocycles. The average Bonchev–Trinajstić information content (AvgIpc) is 2.92. The van der Waals surface area contributed by atoms with Crippen LogP contribution < -0.4 is 10.0 Å². The van der Waals surface area contributed by atoms with E-state index in [0.717, 1.165) is 5.69 Å². The molecular weight excluding hydrogens is 356 g/mol. The maximum absolute atomic E-state index is 12.4. The summed E-state index contributed by atoms with van der Waals surface area (Å²) in [6.07, 6.45) is 1.53. The van der Waals surface area contributed by atoms with Crippen LogP contribution in [-0.2, 0) is 10.0 Å². The van der Waals surface area contributed by atoms with Crippen molar-refractivity contribution in [1.82, 2.24) is 9.71 Å². The van der Waals surface area contributed by atoms with E-state index in [1.165, 1.54) is 29.7 Å². The van der Waals surface area contributed by atoms with Crippen LogP contribution in [0.1, 0.15) is 31.5 Å². The van der Waals surface area contributed by atoms with Gasteiger partial charge >= 0.3 is 0 Å². The molecule has 0 unspecified atom stereocenters. The first-order chi connectivity index (χ1) is 11.6. The number of rotatable bonds is 5. The molecule has 1 aromatic heterocycles. The van der Waals surface area contributed by atoms with Gasteiger partial charge in [0.2, 0.25) is 10.0 Å². The van der Waals surface area contributed by atoms with Crippen LogP contribution in [0.25, 0.3) is 5.57 Å². The van der Waals surface area contributed by atoms with E-state index in [9.17, 15) is 13.7 Å². The van der Waals surface area contributed by atoms with Gasteiger partial charge in [-0.15, -0.1) is 11.3 Å². The summed E-state index contributed by atoms with van der Waals surface area (Å²) < 4.78 is 27.4. The first kappa shape index (κ1) is 19.1. The van der Waals surface area contributed by atoms with E-state index in [1.807, 2.05) is 12.3 Å². The average molecular weight is 377 g/mol. The zero-order chi connectivity index (χ0) is 18.7.